The number of nitrogens with zero attached hydrogens (tertiary/aromatic N) is 1. The Kier molecular flexibility index (Phi) is 2.78. The molecule has 0 saturated heterocycles. The number of aliphatic hydroxyl groups excluding tert-OH is 1. The molecule has 1 unspecified atom stereocenters. The molecule has 5 heteroatoms. The topological polar surface area (TPSA) is 33.1 Å². The van der Waals surface area contributed by atoms with Crippen LogP contribution in [0.15, 0.2) is 27.6 Å². The molecule has 2 aromatic heterocycles. The molecule has 1 N–H and O–H groups in total. The lowest BCUT2D eigenvalue weighted by Gasteiger charge is -2.04. The molecule has 0 aliphatic carbocycles. The van der Waals surface area contributed by atoms with Crippen LogP contribution in [-0.4, -0.2) is 10.1 Å². The zero-order valence-corrected chi connectivity index (χ0v) is 9.69. The van der Waals surface area contributed by atoms with Crippen LogP contribution in [0.2, 0.25) is 0 Å². The highest BCUT2D eigenvalue weighted by Gasteiger charge is 2.16. The fraction of sp³-hybridized carbons (Fsp3) is 0.125. The van der Waals surface area contributed by atoms with Gasteiger partial charge in [0.1, 0.15) is 10.7 Å². The highest BCUT2D eigenvalue weighted by molar-refractivity contribution is 9.10. The molecule has 0 radical (unpaired) electrons. The Morgan fingerprint density at radius 3 is 2.85 bits per heavy atom. The first kappa shape index (κ1) is 9.33. The van der Waals surface area contributed by atoms with Crippen molar-refractivity contribution >= 4 is 38.6 Å². The van der Waals surface area contributed by atoms with Gasteiger partial charge in [0.05, 0.1) is 10.4 Å². The average molecular weight is 276 g/mol. The molecular weight excluding hydrogens is 270 g/mol. The summed E-state index contributed by atoms with van der Waals surface area (Å²) in [6.45, 7) is 0. The van der Waals surface area contributed by atoms with Crippen molar-refractivity contribution in [1.82, 2.24) is 4.98 Å². The number of aliphatic hydroxyl groups is 1. The third-order valence-electron chi connectivity index (χ3n) is 1.61. The summed E-state index contributed by atoms with van der Waals surface area (Å²) in [6, 6.07) is 3.85. The van der Waals surface area contributed by atoms with Gasteiger partial charge in [-0.05, 0) is 27.4 Å². The molecular formula is C8H6BrNOS2. The normalized spacial score (nSPS) is 13.1. The molecule has 0 fully saturated rings. The smallest absolute Gasteiger partial charge is 0.125 e. The molecule has 0 saturated carbocycles. The van der Waals surface area contributed by atoms with Crippen molar-refractivity contribution in [2.45, 2.75) is 6.10 Å². The summed E-state index contributed by atoms with van der Waals surface area (Å²) in [5.74, 6) is 0. The second-order valence-corrected chi connectivity index (χ2v) is 5.04. The molecule has 68 valence electrons. The van der Waals surface area contributed by atoms with Gasteiger partial charge in [-0.3, -0.25) is 0 Å². The molecule has 13 heavy (non-hydrogen) atoms. The Hall–Kier alpha value is -0.230. The number of thiazole rings is 1. The SMILES string of the molecule is OC(c1cccs1)c1scnc1Br. The summed E-state index contributed by atoms with van der Waals surface area (Å²) >= 11 is 6.30. The van der Waals surface area contributed by atoms with Crippen molar-refractivity contribution in [2.24, 2.45) is 0 Å². The standard InChI is InChI=1S/C8H6BrNOS2/c9-8-7(13-4-10-8)6(11)5-2-1-3-12-5/h1-4,6,11H. The minimum Gasteiger partial charge on any atom is -0.382 e. The average Bonchev–Trinajstić information content (AvgIpc) is 2.72. The van der Waals surface area contributed by atoms with E-state index in [-0.39, 0.29) is 0 Å². The lowest BCUT2D eigenvalue weighted by molar-refractivity contribution is 0.227. The molecule has 0 spiro atoms. The first-order valence-corrected chi connectivity index (χ1v) is 6.14. The van der Waals surface area contributed by atoms with Gasteiger partial charge in [-0.25, -0.2) is 4.98 Å². The summed E-state index contributed by atoms with van der Waals surface area (Å²) in [5, 5.41) is 11.9. The van der Waals surface area contributed by atoms with E-state index >= 15 is 0 Å². The summed E-state index contributed by atoms with van der Waals surface area (Å²) in [7, 11) is 0. The van der Waals surface area contributed by atoms with Crippen LogP contribution in [0.4, 0.5) is 0 Å². The lowest BCUT2D eigenvalue weighted by Crippen LogP contribution is -1.94. The van der Waals surface area contributed by atoms with Gasteiger partial charge in [0.15, 0.2) is 0 Å². The van der Waals surface area contributed by atoms with Gasteiger partial charge in [0.2, 0.25) is 0 Å². The van der Waals surface area contributed by atoms with Crippen LogP contribution in [-0.2, 0) is 0 Å². The third kappa shape index (κ3) is 1.83. The summed E-state index contributed by atoms with van der Waals surface area (Å²) in [5.41, 5.74) is 1.72. The van der Waals surface area contributed by atoms with Crippen molar-refractivity contribution in [3.63, 3.8) is 0 Å². The highest BCUT2D eigenvalue weighted by atomic mass is 79.9. The molecule has 0 aromatic carbocycles. The maximum Gasteiger partial charge on any atom is 0.125 e. The van der Waals surface area contributed by atoms with Crippen LogP contribution in [0.3, 0.4) is 0 Å². The zero-order chi connectivity index (χ0) is 9.26. The van der Waals surface area contributed by atoms with Crippen molar-refractivity contribution in [2.75, 3.05) is 0 Å². The molecule has 0 amide bonds. The van der Waals surface area contributed by atoms with Crippen molar-refractivity contribution < 1.29 is 5.11 Å². The highest BCUT2D eigenvalue weighted by Crippen LogP contribution is 2.32. The summed E-state index contributed by atoms with van der Waals surface area (Å²) in [6.07, 6.45) is -0.540. The maximum absolute atomic E-state index is 9.90. The lowest BCUT2D eigenvalue weighted by atomic mass is 10.3. The molecule has 2 nitrogen and oxygen atoms in total. The zero-order valence-electron chi connectivity index (χ0n) is 6.48. The monoisotopic (exact) mass is 275 g/mol. The Bertz CT molecular complexity index is 385. The van der Waals surface area contributed by atoms with Gasteiger partial charge in [-0.15, -0.1) is 22.7 Å². The first-order valence-electron chi connectivity index (χ1n) is 3.59. The third-order valence-corrected chi connectivity index (χ3v) is 4.31. The number of hydrogen-bond donors (Lipinski definition) is 1. The molecule has 2 heterocycles. The molecule has 0 bridgehead atoms. The summed E-state index contributed by atoms with van der Waals surface area (Å²) in [4.78, 5) is 5.84. The number of hydrogen-bond acceptors (Lipinski definition) is 4. The van der Waals surface area contributed by atoms with E-state index in [9.17, 15) is 5.11 Å². The largest absolute Gasteiger partial charge is 0.382 e. The number of rotatable bonds is 2. The van der Waals surface area contributed by atoms with Gasteiger partial charge in [0.25, 0.3) is 0 Å². The van der Waals surface area contributed by atoms with Crippen LogP contribution in [0.25, 0.3) is 0 Å². The van der Waals surface area contributed by atoms with E-state index in [1.54, 1.807) is 16.8 Å². The molecule has 1 atom stereocenters. The van der Waals surface area contributed by atoms with E-state index in [2.05, 4.69) is 20.9 Å². The molecule has 2 rings (SSSR count). The van der Waals surface area contributed by atoms with Crippen LogP contribution < -0.4 is 0 Å². The maximum atomic E-state index is 9.90. The van der Waals surface area contributed by atoms with Gasteiger partial charge >= 0.3 is 0 Å². The first-order chi connectivity index (χ1) is 6.29. The van der Waals surface area contributed by atoms with Crippen LogP contribution in [0.1, 0.15) is 15.9 Å². The molecule has 2 aromatic rings. The second kappa shape index (κ2) is 3.88. The van der Waals surface area contributed by atoms with E-state index in [4.69, 9.17) is 0 Å². The quantitative estimate of drug-likeness (QED) is 0.914. The van der Waals surface area contributed by atoms with Crippen LogP contribution >= 0.6 is 38.6 Å². The Labute approximate surface area is 92.0 Å². The van der Waals surface area contributed by atoms with Gasteiger partial charge in [-0.1, -0.05) is 6.07 Å². The minimum atomic E-state index is -0.540. The van der Waals surface area contributed by atoms with Crippen molar-refractivity contribution in [3.05, 3.63) is 37.4 Å². The predicted molar refractivity (Wildman–Crippen MR) is 58.2 cm³/mol. The van der Waals surface area contributed by atoms with E-state index in [0.717, 1.165) is 14.4 Å². The Morgan fingerprint density at radius 2 is 2.31 bits per heavy atom. The van der Waals surface area contributed by atoms with Crippen molar-refractivity contribution in [3.8, 4) is 0 Å². The molecule has 0 aliphatic heterocycles. The van der Waals surface area contributed by atoms with E-state index in [0.29, 0.717) is 0 Å². The molecule has 0 aliphatic rings. The Morgan fingerprint density at radius 1 is 1.46 bits per heavy atom. The number of halogens is 1. The van der Waals surface area contributed by atoms with Gasteiger partial charge in [0, 0.05) is 4.88 Å². The second-order valence-electron chi connectivity index (χ2n) is 2.43. The fourth-order valence-corrected chi connectivity index (χ4v) is 3.20. The fourth-order valence-electron chi connectivity index (χ4n) is 0.995. The van der Waals surface area contributed by atoms with E-state index in [1.807, 2.05) is 17.5 Å². The predicted octanol–water partition coefficient (Wildman–Crippen LogP) is 3.05. The minimum absolute atomic E-state index is 0.540. The van der Waals surface area contributed by atoms with Crippen LogP contribution in [0, 0.1) is 0 Å². The van der Waals surface area contributed by atoms with E-state index < -0.39 is 6.10 Å². The van der Waals surface area contributed by atoms with E-state index in [1.165, 1.54) is 11.3 Å². The van der Waals surface area contributed by atoms with Crippen LogP contribution in [0.5, 0.6) is 0 Å². The number of thiophene rings is 1. The summed E-state index contributed by atoms with van der Waals surface area (Å²) < 4.78 is 0.735. The van der Waals surface area contributed by atoms with Gasteiger partial charge < -0.3 is 5.11 Å². The van der Waals surface area contributed by atoms with Crippen molar-refractivity contribution in [1.29, 1.82) is 0 Å². The Balaban J connectivity index is 2.33. The number of aromatic nitrogens is 1. The van der Waals surface area contributed by atoms with Gasteiger partial charge in [-0.2, -0.15) is 0 Å².